The third-order valence-corrected chi connectivity index (χ3v) is 3.14. The summed E-state index contributed by atoms with van der Waals surface area (Å²) >= 11 is 0. The topological polar surface area (TPSA) is 86.5 Å². The van der Waals surface area contributed by atoms with Crippen LogP contribution in [0.15, 0.2) is 22.7 Å². The minimum atomic E-state index is -0.178. The molecule has 0 aliphatic carbocycles. The highest BCUT2D eigenvalue weighted by molar-refractivity contribution is 5.94. The molecule has 1 N–H and O–H groups in total. The van der Waals surface area contributed by atoms with Gasteiger partial charge in [0.2, 0.25) is 0 Å². The van der Waals surface area contributed by atoms with Crippen molar-refractivity contribution in [3.8, 4) is 5.75 Å². The molecular weight excluding hydrogens is 274 g/mol. The number of carbonyl (C=O) groups excluding carboxylic acids is 1. The molecule has 1 amide bonds. The van der Waals surface area contributed by atoms with Gasteiger partial charge in [0.15, 0.2) is 5.82 Å². The molecule has 0 fully saturated rings. The summed E-state index contributed by atoms with van der Waals surface area (Å²) in [5.41, 5.74) is 1.66. The summed E-state index contributed by atoms with van der Waals surface area (Å²) in [6.07, 6.45) is 0.835. The number of hydrogen-bond donors (Lipinski definition) is 1. The molecule has 0 saturated carbocycles. The van der Waals surface area contributed by atoms with E-state index in [0.29, 0.717) is 23.9 Å². The highest BCUT2D eigenvalue weighted by atomic mass is 16.5. The van der Waals surface area contributed by atoms with Crippen LogP contribution in [-0.4, -0.2) is 29.8 Å². The molecule has 1 aliphatic heterocycles. The van der Waals surface area contributed by atoms with Crippen LogP contribution in [-0.2, 0) is 24.3 Å². The number of benzene rings is 1. The summed E-state index contributed by atoms with van der Waals surface area (Å²) in [6.45, 7) is 1.14. The Labute approximate surface area is 121 Å². The first-order chi connectivity index (χ1) is 10.3. The van der Waals surface area contributed by atoms with Crippen LogP contribution in [0.25, 0.3) is 0 Å². The van der Waals surface area contributed by atoms with E-state index >= 15 is 0 Å². The molecule has 7 heteroatoms. The van der Waals surface area contributed by atoms with Gasteiger partial charge in [0, 0.05) is 19.1 Å². The third-order valence-electron chi connectivity index (χ3n) is 3.14. The Morgan fingerprint density at radius 3 is 3.24 bits per heavy atom. The average Bonchev–Trinajstić information content (AvgIpc) is 3.13. The summed E-state index contributed by atoms with van der Waals surface area (Å²) in [5.74, 6) is 1.48. The summed E-state index contributed by atoms with van der Waals surface area (Å²) in [5, 5.41) is 6.51. The fourth-order valence-corrected chi connectivity index (χ4v) is 2.13. The maximum atomic E-state index is 12.1. The molecule has 7 nitrogen and oxygen atoms in total. The maximum absolute atomic E-state index is 12.1. The molecule has 1 aromatic heterocycles. The average molecular weight is 289 g/mol. The second-order valence-corrected chi connectivity index (χ2v) is 4.64. The lowest BCUT2D eigenvalue weighted by atomic mass is 10.1. The zero-order chi connectivity index (χ0) is 14.7. The van der Waals surface area contributed by atoms with E-state index in [1.165, 1.54) is 0 Å². The number of nitrogens with zero attached hydrogens (tertiary/aromatic N) is 2. The first-order valence-corrected chi connectivity index (χ1v) is 6.60. The quantitative estimate of drug-likeness (QED) is 0.886. The number of fused-ring (bicyclic) bond motifs is 1. The molecule has 2 heterocycles. The van der Waals surface area contributed by atoms with Crippen LogP contribution in [0.4, 0.5) is 0 Å². The van der Waals surface area contributed by atoms with E-state index in [0.717, 1.165) is 17.7 Å². The van der Waals surface area contributed by atoms with Gasteiger partial charge >= 0.3 is 0 Å². The molecule has 21 heavy (non-hydrogen) atoms. The number of rotatable bonds is 5. The van der Waals surface area contributed by atoms with Crippen LogP contribution < -0.4 is 10.1 Å². The summed E-state index contributed by atoms with van der Waals surface area (Å²) in [6, 6.07) is 5.42. The van der Waals surface area contributed by atoms with Crippen molar-refractivity contribution in [2.45, 2.75) is 19.6 Å². The van der Waals surface area contributed by atoms with Gasteiger partial charge in [-0.1, -0.05) is 5.16 Å². The van der Waals surface area contributed by atoms with Crippen LogP contribution >= 0.6 is 0 Å². The number of aromatic nitrogens is 2. The second kappa shape index (κ2) is 5.92. The normalized spacial score (nSPS) is 12.8. The first kappa shape index (κ1) is 13.6. The largest absolute Gasteiger partial charge is 0.493 e. The van der Waals surface area contributed by atoms with E-state index in [-0.39, 0.29) is 19.1 Å². The minimum absolute atomic E-state index is 0.178. The Kier molecular flexibility index (Phi) is 3.83. The molecule has 0 radical (unpaired) electrons. The standard InChI is InChI=1S/C14H15N3O4/c1-19-8-13-16-12(17-21-13)7-15-14(18)10-2-3-11-9(6-10)4-5-20-11/h2-3,6H,4-5,7-8H2,1H3,(H,15,18). The van der Waals surface area contributed by atoms with Gasteiger partial charge in [-0.25, -0.2) is 0 Å². The Bertz CT molecular complexity index is 653. The second-order valence-electron chi connectivity index (χ2n) is 4.64. The Morgan fingerprint density at radius 2 is 2.38 bits per heavy atom. The molecule has 0 saturated heterocycles. The molecule has 1 aromatic carbocycles. The third kappa shape index (κ3) is 3.03. The smallest absolute Gasteiger partial charge is 0.252 e. The monoisotopic (exact) mass is 289 g/mol. The predicted octanol–water partition coefficient (Wildman–Crippen LogP) is 1.08. The van der Waals surface area contributed by atoms with Crippen LogP contribution in [0.3, 0.4) is 0 Å². The Balaban J connectivity index is 1.60. The number of ether oxygens (including phenoxy) is 2. The van der Waals surface area contributed by atoms with Crippen molar-refractivity contribution in [3.05, 3.63) is 41.0 Å². The zero-order valence-corrected chi connectivity index (χ0v) is 11.6. The number of amides is 1. The number of methoxy groups -OCH3 is 1. The highest BCUT2D eigenvalue weighted by Crippen LogP contribution is 2.25. The molecule has 110 valence electrons. The molecule has 0 spiro atoms. The van der Waals surface area contributed by atoms with Crippen molar-refractivity contribution in [3.63, 3.8) is 0 Å². The van der Waals surface area contributed by atoms with Gasteiger partial charge in [-0.05, 0) is 23.8 Å². The molecule has 0 unspecified atom stereocenters. The fraction of sp³-hybridized carbons (Fsp3) is 0.357. The van der Waals surface area contributed by atoms with Crippen LogP contribution in [0.5, 0.6) is 5.75 Å². The van der Waals surface area contributed by atoms with Crippen LogP contribution in [0.1, 0.15) is 27.6 Å². The predicted molar refractivity (Wildman–Crippen MR) is 71.8 cm³/mol. The lowest BCUT2D eigenvalue weighted by Crippen LogP contribution is -2.23. The van der Waals surface area contributed by atoms with E-state index in [2.05, 4.69) is 15.5 Å². The van der Waals surface area contributed by atoms with Gasteiger partial charge in [0.25, 0.3) is 11.8 Å². The minimum Gasteiger partial charge on any atom is -0.493 e. The number of carbonyl (C=O) groups is 1. The van der Waals surface area contributed by atoms with Gasteiger partial charge in [-0.3, -0.25) is 4.79 Å². The summed E-state index contributed by atoms with van der Waals surface area (Å²) in [4.78, 5) is 16.2. The van der Waals surface area contributed by atoms with Crippen molar-refractivity contribution in [2.24, 2.45) is 0 Å². The molecular formula is C14H15N3O4. The van der Waals surface area contributed by atoms with Gasteiger partial charge in [0.1, 0.15) is 12.4 Å². The van der Waals surface area contributed by atoms with Gasteiger partial charge in [-0.2, -0.15) is 4.98 Å². The van der Waals surface area contributed by atoms with Crippen LogP contribution in [0, 0.1) is 0 Å². The van der Waals surface area contributed by atoms with Gasteiger partial charge in [-0.15, -0.1) is 0 Å². The van der Waals surface area contributed by atoms with E-state index in [4.69, 9.17) is 14.0 Å². The lowest BCUT2D eigenvalue weighted by molar-refractivity contribution is 0.0949. The maximum Gasteiger partial charge on any atom is 0.252 e. The van der Waals surface area contributed by atoms with E-state index in [9.17, 15) is 4.79 Å². The molecule has 0 atom stereocenters. The first-order valence-electron chi connectivity index (χ1n) is 6.60. The lowest BCUT2D eigenvalue weighted by Gasteiger charge is -2.04. The van der Waals surface area contributed by atoms with Crippen molar-refractivity contribution in [1.29, 1.82) is 0 Å². The fourth-order valence-electron chi connectivity index (χ4n) is 2.13. The summed E-state index contributed by atoms with van der Waals surface area (Å²) in [7, 11) is 1.54. The molecule has 2 aromatic rings. The zero-order valence-electron chi connectivity index (χ0n) is 11.6. The summed E-state index contributed by atoms with van der Waals surface area (Å²) < 4.78 is 15.2. The van der Waals surface area contributed by atoms with Crippen molar-refractivity contribution in [1.82, 2.24) is 15.5 Å². The van der Waals surface area contributed by atoms with E-state index in [1.807, 2.05) is 12.1 Å². The SMILES string of the molecule is COCc1nc(CNC(=O)c2ccc3c(c2)CCO3)no1. The van der Waals surface area contributed by atoms with Crippen molar-refractivity contribution >= 4 is 5.91 Å². The van der Waals surface area contributed by atoms with Gasteiger partial charge < -0.3 is 19.3 Å². The van der Waals surface area contributed by atoms with Crippen molar-refractivity contribution < 1.29 is 18.8 Å². The number of nitrogens with one attached hydrogen (secondary N) is 1. The Morgan fingerprint density at radius 1 is 1.48 bits per heavy atom. The van der Waals surface area contributed by atoms with Gasteiger partial charge in [0.05, 0.1) is 13.2 Å². The molecule has 1 aliphatic rings. The highest BCUT2D eigenvalue weighted by Gasteiger charge is 2.15. The molecule has 0 bridgehead atoms. The van der Waals surface area contributed by atoms with E-state index in [1.54, 1.807) is 13.2 Å². The van der Waals surface area contributed by atoms with Crippen molar-refractivity contribution in [2.75, 3.05) is 13.7 Å². The Hall–Kier alpha value is -2.41. The van der Waals surface area contributed by atoms with E-state index < -0.39 is 0 Å². The van der Waals surface area contributed by atoms with Crippen LogP contribution in [0.2, 0.25) is 0 Å². The molecule has 3 rings (SSSR count). The number of hydrogen-bond acceptors (Lipinski definition) is 6.